The molecule has 1 unspecified atom stereocenters. The maximum atomic E-state index is 12.7. The monoisotopic (exact) mass is 324 g/mol. The first-order valence-electron chi connectivity index (χ1n) is 6.66. The second-order valence-electron chi connectivity index (χ2n) is 5.22. The molecule has 0 amide bonds. The van der Waals surface area contributed by atoms with Crippen LogP contribution < -0.4 is 10.5 Å². The van der Waals surface area contributed by atoms with Gasteiger partial charge in [-0.1, -0.05) is 6.07 Å². The molecule has 1 aromatic heterocycles. The Labute approximate surface area is 130 Å². The van der Waals surface area contributed by atoms with E-state index in [4.69, 9.17) is 5.73 Å². The number of rotatable bonds is 4. The van der Waals surface area contributed by atoms with Crippen molar-refractivity contribution >= 4 is 27.0 Å². The van der Waals surface area contributed by atoms with Crippen LogP contribution in [-0.2, 0) is 10.0 Å². The van der Waals surface area contributed by atoms with E-state index in [1.54, 1.807) is 37.3 Å². The van der Waals surface area contributed by atoms with Gasteiger partial charge in [-0.25, -0.2) is 13.1 Å². The molecule has 0 aliphatic rings. The fourth-order valence-corrected chi connectivity index (χ4v) is 4.97. The minimum atomic E-state index is -3.61. The number of aryl methyl sites for hydroxylation is 2. The van der Waals surface area contributed by atoms with E-state index >= 15 is 0 Å². The van der Waals surface area contributed by atoms with Crippen LogP contribution >= 0.6 is 11.3 Å². The first-order valence-corrected chi connectivity index (χ1v) is 8.96. The Kier molecular flexibility index (Phi) is 4.41. The lowest BCUT2D eigenvalue weighted by molar-refractivity contribution is 0.567. The summed E-state index contributed by atoms with van der Waals surface area (Å²) in [4.78, 5) is 2.44. The average Bonchev–Trinajstić information content (AvgIpc) is 2.80. The zero-order valence-corrected chi connectivity index (χ0v) is 14.2. The molecule has 0 aliphatic carbocycles. The third-order valence-electron chi connectivity index (χ3n) is 3.43. The van der Waals surface area contributed by atoms with Crippen molar-refractivity contribution in [1.82, 2.24) is 4.72 Å². The van der Waals surface area contributed by atoms with Crippen LogP contribution in [0.1, 0.15) is 33.8 Å². The summed E-state index contributed by atoms with van der Waals surface area (Å²) in [6.07, 6.45) is 0. The van der Waals surface area contributed by atoms with Crippen LogP contribution in [0.25, 0.3) is 0 Å². The molecule has 2 rings (SSSR count). The molecule has 1 atom stereocenters. The van der Waals surface area contributed by atoms with E-state index in [1.165, 1.54) is 0 Å². The summed E-state index contributed by atoms with van der Waals surface area (Å²) in [6, 6.07) is 7.13. The number of hydrogen-bond donors (Lipinski definition) is 2. The molecule has 0 aliphatic heterocycles. The maximum Gasteiger partial charge on any atom is 0.241 e. The average molecular weight is 324 g/mol. The highest BCUT2D eigenvalue weighted by Crippen LogP contribution is 2.28. The number of nitrogens with one attached hydrogen (secondary N) is 1. The van der Waals surface area contributed by atoms with Crippen molar-refractivity contribution in [2.75, 3.05) is 5.73 Å². The molecule has 0 bridgehead atoms. The van der Waals surface area contributed by atoms with Crippen LogP contribution in [0.2, 0.25) is 0 Å². The summed E-state index contributed by atoms with van der Waals surface area (Å²) < 4.78 is 28.0. The van der Waals surface area contributed by atoms with Gasteiger partial charge >= 0.3 is 0 Å². The number of nitrogen functional groups attached to an aromatic ring is 1. The lowest BCUT2D eigenvalue weighted by atomic mass is 10.1. The fourth-order valence-electron chi connectivity index (χ4n) is 2.29. The van der Waals surface area contributed by atoms with Gasteiger partial charge in [0.05, 0.1) is 10.9 Å². The van der Waals surface area contributed by atoms with Crippen LogP contribution in [-0.4, -0.2) is 8.42 Å². The van der Waals surface area contributed by atoms with E-state index in [2.05, 4.69) is 4.72 Å². The molecule has 0 saturated heterocycles. The van der Waals surface area contributed by atoms with Gasteiger partial charge in [0.15, 0.2) is 0 Å². The van der Waals surface area contributed by atoms with Crippen molar-refractivity contribution in [2.24, 2.45) is 0 Å². The highest BCUT2D eigenvalue weighted by atomic mass is 32.2. The molecule has 1 aromatic carbocycles. The second kappa shape index (κ2) is 5.79. The molecule has 21 heavy (non-hydrogen) atoms. The van der Waals surface area contributed by atoms with E-state index in [1.807, 2.05) is 26.0 Å². The summed E-state index contributed by atoms with van der Waals surface area (Å²) >= 11 is 1.59. The second-order valence-corrected chi connectivity index (χ2v) is 8.19. The van der Waals surface area contributed by atoms with E-state index in [9.17, 15) is 8.42 Å². The van der Waals surface area contributed by atoms with Gasteiger partial charge in [-0.05, 0) is 57.0 Å². The Morgan fingerprint density at radius 2 is 1.81 bits per heavy atom. The van der Waals surface area contributed by atoms with Gasteiger partial charge in [0, 0.05) is 15.4 Å². The van der Waals surface area contributed by atoms with Crippen LogP contribution in [0.5, 0.6) is 0 Å². The smallest absolute Gasteiger partial charge is 0.241 e. The van der Waals surface area contributed by atoms with E-state index in [0.29, 0.717) is 16.8 Å². The molecule has 114 valence electrons. The molecule has 0 fully saturated rings. The van der Waals surface area contributed by atoms with Gasteiger partial charge in [0.25, 0.3) is 0 Å². The quantitative estimate of drug-likeness (QED) is 0.848. The van der Waals surface area contributed by atoms with Crippen LogP contribution in [0, 0.1) is 20.8 Å². The molecule has 3 N–H and O–H groups in total. The number of nitrogens with two attached hydrogens (primary N) is 1. The minimum absolute atomic E-state index is 0.270. The van der Waals surface area contributed by atoms with Crippen molar-refractivity contribution in [3.63, 3.8) is 0 Å². The summed E-state index contributed by atoms with van der Waals surface area (Å²) in [5.74, 6) is 0. The van der Waals surface area contributed by atoms with Gasteiger partial charge in [-0.2, -0.15) is 0 Å². The molecule has 6 heteroatoms. The third kappa shape index (κ3) is 3.28. The van der Waals surface area contributed by atoms with E-state index < -0.39 is 10.0 Å². The van der Waals surface area contributed by atoms with Crippen molar-refractivity contribution in [3.05, 3.63) is 45.1 Å². The standard InChI is InChI=1S/C15H20N2O2S2/c1-9-5-7-13(16)11(3)15(9)21(18,19)17-12(4)14-8-6-10(2)20-14/h5-8,12,17H,16H2,1-4H3. The van der Waals surface area contributed by atoms with Gasteiger partial charge in [-0.3, -0.25) is 0 Å². The number of hydrogen-bond acceptors (Lipinski definition) is 4. The zero-order valence-electron chi connectivity index (χ0n) is 12.6. The minimum Gasteiger partial charge on any atom is -0.398 e. The first kappa shape index (κ1) is 16.0. The lowest BCUT2D eigenvalue weighted by Crippen LogP contribution is -2.28. The zero-order chi connectivity index (χ0) is 15.8. The van der Waals surface area contributed by atoms with E-state index in [0.717, 1.165) is 9.75 Å². The number of thiophene rings is 1. The van der Waals surface area contributed by atoms with E-state index in [-0.39, 0.29) is 10.9 Å². The number of benzene rings is 1. The SMILES string of the molecule is Cc1ccc(C(C)NS(=O)(=O)c2c(C)ccc(N)c2C)s1. The Morgan fingerprint density at radius 1 is 1.14 bits per heavy atom. The van der Waals surface area contributed by atoms with Crippen LogP contribution in [0.3, 0.4) is 0 Å². The Balaban J connectivity index is 2.37. The predicted octanol–water partition coefficient (Wildman–Crippen LogP) is 3.30. The number of sulfonamides is 1. The van der Waals surface area contributed by atoms with Gasteiger partial charge < -0.3 is 5.73 Å². The Morgan fingerprint density at radius 3 is 2.38 bits per heavy atom. The van der Waals surface area contributed by atoms with Crippen LogP contribution in [0.15, 0.2) is 29.2 Å². The van der Waals surface area contributed by atoms with Crippen molar-refractivity contribution in [3.8, 4) is 0 Å². The van der Waals surface area contributed by atoms with Gasteiger partial charge in [0.2, 0.25) is 10.0 Å². The largest absolute Gasteiger partial charge is 0.398 e. The molecule has 4 nitrogen and oxygen atoms in total. The summed E-state index contributed by atoms with van der Waals surface area (Å²) in [7, 11) is -3.61. The first-order chi connectivity index (χ1) is 9.72. The Bertz CT molecular complexity index is 764. The molecule has 0 saturated carbocycles. The molecule has 2 aromatic rings. The highest BCUT2D eigenvalue weighted by Gasteiger charge is 2.23. The molecule has 1 heterocycles. The van der Waals surface area contributed by atoms with Gasteiger partial charge in [0.1, 0.15) is 0 Å². The predicted molar refractivity (Wildman–Crippen MR) is 88.1 cm³/mol. The molecule has 0 radical (unpaired) electrons. The summed E-state index contributed by atoms with van der Waals surface area (Å²) in [6.45, 7) is 7.36. The van der Waals surface area contributed by atoms with Crippen molar-refractivity contribution < 1.29 is 8.42 Å². The fraction of sp³-hybridized carbons (Fsp3) is 0.333. The van der Waals surface area contributed by atoms with Crippen molar-refractivity contribution in [1.29, 1.82) is 0 Å². The highest BCUT2D eigenvalue weighted by molar-refractivity contribution is 7.89. The Hall–Kier alpha value is -1.37. The van der Waals surface area contributed by atoms with Crippen LogP contribution in [0.4, 0.5) is 5.69 Å². The topological polar surface area (TPSA) is 72.2 Å². The molecular weight excluding hydrogens is 304 g/mol. The lowest BCUT2D eigenvalue weighted by Gasteiger charge is -2.17. The summed E-state index contributed by atoms with van der Waals surface area (Å²) in [5, 5.41) is 0. The molecular formula is C15H20N2O2S2. The molecule has 0 spiro atoms. The number of anilines is 1. The normalized spacial score (nSPS) is 13.3. The summed E-state index contributed by atoms with van der Waals surface area (Å²) in [5.41, 5.74) is 7.62. The van der Waals surface area contributed by atoms with Gasteiger partial charge in [-0.15, -0.1) is 11.3 Å². The van der Waals surface area contributed by atoms with Crippen molar-refractivity contribution in [2.45, 2.75) is 38.6 Å². The maximum absolute atomic E-state index is 12.7. The third-order valence-corrected chi connectivity index (χ3v) is 6.45.